The minimum atomic E-state index is -4.37. The number of amides is 1. The van der Waals surface area contributed by atoms with Gasteiger partial charge in [-0.15, -0.1) is 12.4 Å². The topological polar surface area (TPSA) is 73.6 Å². The average molecular weight is 383 g/mol. The number of rotatable bonds is 6. The number of hydrogen-bond acceptors (Lipinski definition) is 4. The molecule has 25 heavy (non-hydrogen) atoms. The van der Waals surface area contributed by atoms with Gasteiger partial charge in [0.2, 0.25) is 5.91 Å². The summed E-state index contributed by atoms with van der Waals surface area (Å²) in [7, 11) is 0. The molecule has 1 aromatic rings. The molecule has 0 radical (unpaired) electrons. The quantitative estimate of drug-likeness (QED) is 0.741. The first-order valence-electron chi connectivity index (χ1n) is 7.74. The van der Waals surface area contributed by atoms with Crippen LogP contribution in [-0.2, 0) is 15.7 Å². The third-order valence-corrected chi connectivity index (χ3v) is 4.16. The van der Waals surface area contributed by atoms with E-state index in [4.69, 9.17) is 15.2 Å². The standard InChI is InChI=1S/C16H21F3N2O3.ClH/c17-16(18,19)12-1-3-13(4-2-12)24-10-7-21-14(22)15(11-20)5-8-23-9-6-15;/h1-4H,5-11,20H2,(H,21,22);1H. The Bertz CT molecular complexity index is 547. The number of carbonyl (C=O) groups is 1. The van der Waals surface area contributed by atoms with Crippen molar-refractivity contribution >= 4 is 18.3 Å². The van der Waals surface area contributed by atoms with Crippen LogP contribution in [0.25, 0.3) is 0 Å². The van der Waals surface area contributed by atoms with Crippen molar-refractivity contribution in [3.63, 3.8) is 0 Å². The molecule has 0 aliphatic carbocycles. The highest BCUT2D eigenvalue weighted by Gasteiger charge is 2.38. The van der Waals surface area contributed by atoms with E-state index in [9.17, 15) is 18.0 Å². The minimum Gasteiger partial charge on any atom is -0.492 e. The molecular formula is C16H22ClF3N2O3. The second-order valence-electron chi connectivity index (χ2n) is 5.72. The van der Waals surface area contributed by atoms with E-state index in [1.165, 1.54) is 12.1 Å². The summed E-state index contributed by atoms with van der Waals surface area (Å²) in [6.07, 6.45) is -3.21. The lowest BCUT2D eigenvalue weighted by atomic mass is 9.79. The van der Waals surface area contributed by atoms with Gasteiger partial charge in [0, 0.05) is 19.8 Å². The highest BCUT2D eigenvalue weighted by atomic mass is 35.5. The monoisotopic (exact) mass is 382 g/mol. The fourth-order valence-corrected chi connectivity index (χ4v) is 2.55. The van der Waals surface area contributed by atoms with E-state index in [1.807, 2.05) is 0 Å². The molecule has 0 bridgehead atoms. The molecule has 0 aromatic heterocycles. The van der Waals surface area contributed by atoms with Crippen LogP contribution in [0.15, 0.2) is 24.3 Å². The van der Waals surface area contributed by atoms with Gasteiger partial charge in [-0.3, -0.25) is 4.79 Å². The maximum absolute atomic E-state index is 12.5. The third-order valence-electron chi connectivity index (χ3n) is 4.16. The van der Waals surface area contributed by atoms with Gasteiger partial charge in [-0.2, -0.15) is 13.2 Å². The number of nitrogens with two attached hydrogens (primary N) is 1. The number of hydrogen-bond donors (Lipinski definition) is 2. The van der Waals surface area contributed by atoms with Crippen LogP contribution in [0.3, 0.4) is 0 Å². The van der Waals surface area contributed by atoms with Crippen LogP contribution in [0.2, 0.25) is 0 Å². The van der Waals surface area contributed by atoms with Crippen LogP contribution < -0.4 is 15.8 Å². The second-order valence-corrected chi connectivity index (χ2v) is 5.72. The Balaban J connectivity index is 0.00000312. The molecule has 5 nitrogen and oxygen atoms in total. The SMILES string of the molecule is Cl.NCC1(C(=O)NCCOc2ccc(C(F)(F)F)cc2)CCOCC1. The van der Waals surface area contributed by atoms with Crippen LogP contribution in [0, 0.1) is 5.41 Å². The van der Waals surface area contributed by atoms with Crippen molar-refractivity contribution in [1.82, 2.24) is 5.32 Å². The number of carbonyl (C=O) groups excluding carboxylic acids is 1. The Kier molecular flexibility index (Phi) is 7.98. The van der Waals surface area contributed by atoms with Gasteiger partial charge in [-0.25, -0.2) is 0 Å². The molecule has 3 N–H and O–H groups in total. The molecule has 2 rings (SSSR count). The lowest BCUT2D eigenvalue weighted by molar-refractivity contribution is -0.137. The lowest BCUT2D eigenvalue weighted by Gasteiger charge is -2.34. The summed E-state index contributed by atoms with van der Waals surface area (Å²) < 4.78 is 48.0. The first-order valence-corrected chi connectivity index (χ1v) is 7.74. The summed E-state index contributed by atoms with van der Waals surface area (Å²) in [5, 5.41) is 2.77. The first kappa shape index (κ1) is 21.5. The summed E-state index contributed by atoms with van der Waals surface area (Å²) >= 11 is 0. The van der Waals surface area contributed by atoms with Crippen molar-refractivity contribution in [2.24, 2.45) is 11.1 Å². The maximum Gasteiger partial charge on any atom is 0.416 e. The van der Waals surface area contributed by atoms with Gasteiger partial charge in [-0.1, -0.05) is 0 Å². The number of halogens is 4. The second kappa shape index (κ2) is 9.26. The fourth-order valence-electron chi connectivity index (χ4n) is 2.55. The number of ether oxygens (including phenoxy) is 2. The van der Waals surface area contributed by atoms with Gasteiger partial charge in [0.1, 0.15) is 12.4 Å². The van der Waals surface area contributed by atoms with E-state index in [0.717, 1.165) is 12.1 Å². The molecule has 1 amide bonds. The molecule has 1 aromatic carbocycles. The van der Waals surface area contributed by atoms with Crippen molar-refractivity contribution in [3.05, 3.63) is 29.8 Å². The van der Waals surface area contributed by atoms with Gasteiger partial charge in [-0.05, 0) is 37.1 Å². The lowest BCUT2D eigenvalue weighted by Crippen LogP contribution is -2.49. The first-order chi connectivity index (χ1) is 11.4. The normalized spacial score (nSPS) is 16.6. The van der Waals surface area contributed by atoms with Crippen molar-refractivity contribution in [3.8, 4) is 5.75 Å². The van der Waals surface area contributed by atoms with E-state index in [-0.39, 0.29) is 38.0 Å². The molecule has 9 heteroatoms. The van der Waals surface area contributed by atoms with E-state index in [0.29, 0.717) is 31.8 Å². The zero-order valence-corrected chi connectivity index (χ0v) is 14.4. The molecule has 0 saturated carbocycles. The predicted molar refractivity (Wildman–Crippen MR) is 88.7 cm³/mol. The number of nitrogens with one attached hydrogen (secondary N) is 1. The van der Waals surface area contributed by atoms with Crippen molar-refractivity contribution in [2.75, 3.05) is 32.9 Å². The van der Waals surface area contributed by atoms with Crippen LogP contribution in [0.4, 0.5) is 13.2 Å². The third kappa shape index (κ3) is 5.76. The molecule has 1 aliphatic heterocycles. The summed E-state index contributed by atoms with van der Waals surface area (Å²) in [5.41, 5.74) is 4.41. The summed E-state index contributed by atoms with van der Waals surface area (Å²) in [4.78, 5) is 12.3. The molecule has 1 aliphatic rings. The Morgan fingerprint density at radius 1 is 1.24 bits per heavy atom. The summed E-state index contributed by atoms with van der Waals surface area (Å²) in [6.45, 7) is 1.68. The maximum atomic E-state index is 12.5. The molecule has 1 fully saturated rings. The van der Waals surface area contributed by atoms with Crippen molar-refractivity contribution in [2.45, 2.75) is 19.0 Å². The van der Waals surface area contributed by atoms with E-state index >= 15 is 0 Å². The predicted octanol–water partition coefficient (Wildman–Crippen LogP) is 2.38. The van der Waals surface area contributed by atoms with Crippen LogP contribution in [0.5, 0.6) is 5.75 Å². The largest absolute Gasteiger partial charge is 0.492 e. The Morgan fingerprint density at radius 3 is 2.36 bits per heavy atom. The molecule has 1 saturated heterocycles. The van der Waals surface area contributed by atoms with Gasteiger partial charge in [0.25, 0.3) is 0 Å². The Hall–Kier alpha value is -1.51. The van der Waals surface area contributed by atoms with Crippen LogP contribution in [-0.4, -0.2) is 38.8 Å². The van der Waals surface area contributed by atoms with Gasteiger partial charge >= 0.3 is 6.18 Å². The van der Waals surface area contributed by atoms with Gasteiger partial charge in [0.05, 0.1) is 17.5 Å². The molecule has 142 valence electrons. The van der Waals surface area contributed by atoms with Crippen LogP contribution in [0.1, 0.15) is 18.4 Å². The molecule has 0 spiro atoms. The minimum absolute atomic E-state index is 0. The van der Waals surface area contributed by atoms with Gasteiger partial charge < -0.3 is 20.5 Å². The average Bonchev–Trinajstić information content (AvgIpc) is 2.58. The van der Waals surface area contributed by atoms with Gasteiger partial charge in [0.15, 0.2) is 0 Å². The zero-order valence-electron chi connectivity index (χ0n) is 13.6. The fraction of sp³-hybridized carbons (Fsp3) is 0.562. The summed E-state index contributed by atoms with van der Waals surface area (Å²) in [5.74, 6) is 0.182. The van der Waals surface area contributed by atoms with Crippen LogP contribution >= 0.6 is 12.4 Å². The Labute approximate surface area is 150 Å². The van der Waals surface area contributed by atoms with Crippen molar-refractivity contribution in [1.29, 1.82) is 0 Å². The van der Waals surface area contributed by atoms with E-state index < -0.39 is 17.2 Å². The molecule has 1 heterocycles. The highest BCUT2D eigenvalue weighted by Crippen LogP contribution is 2.30. The number of alkyl halides is 3. The zero-order chi connectivity index (χ0) is 17.6. The Morgan fingerprint density at radius 2 is 1.84 bits per heavy atom. The van der Waals surface area contributed by atoms with E-state index in [2.05, 4.69) is 5.32 Å². The smallest absolute Gasteiger partial charge is 0.416 e. The number of benzene rings is 1. The molecule has 0 unspecified atom stereocenters. The summed E-state index contributed by atoms with van der Waals surface area (Å²) in [6, 6.07) is 4.42. The highest BCUT2D eigenvalue weighted by molar-refractivity contribution is 5.85. The van der Waals surface area contributed by atoms with Crippen molar-refractivity contribution < 1.29 is 27.4 Å². The van der Waals surface area contributed by atoms with E-state index in [1.54, 1.807) is 0 Å². The molecular weight excluding hydrogens is 361 g/mol. The molecule has 0 atom stereocenters.